The van der Waals surface area contributed by atoms with Crippen LogP contribution in [-0.2, 0) is 4.74 Å². The summed E-state index contributed by atoms with van der Waals surface area (Å²) in [4.78, 5) is 25.5. The first-order valence-corrected chi connectivity index (χ1v) is 9.46. The summed E-state index contributed by atoms with van der Waals surface area (Å²) in [6, 6.07) is 9.67. The number of methoxy groups -OCH3 is 2. The summed E-state index contributed by atoms with van der Waals surface area (Å²) in [6.07, 6.45) is 2.41. The summed E-state index contributed by atoms with van der Waals surface area (Å²) in [6.45, 7) is 4.39. The summed E-state index contributed by atoms with van der Waals surface area (Å²) in [5.41, 5.74) is 1.48. The van der Waals surface area contributed by atoms with Crippen molar-refractivity contribution in [3.05, 3.63) is 42.2 Å². The largest absolute Gasteiger partial charge is 0.495 e. The first-order valence-electron chi connectivity index (χ1n) is 9.46. The Hall–Kier alpha value is -2.87. The van der Waals surface area contributed by atoms with E-state index in [0.29, 0.717) is 24.8 Å². The zero-order valence-corrected chi connectivity index (χ0v) is 16.4. The Morgan fingerprint density at radius 3 is 2.61 bits per heavy atom. The Bertz CT molecular complexity index is 778. The molecule has 2 aromatic rings. The van der Waals surface area contributed by atoms with Gasteiger partial charge in [-0.05, 0) is 24.6 Å². The topological polar surface area (TPSA) is 79.8 Å². The van der Waals surface area contributed by atoms with E-state index < -0.39 is 0 Å². The summed E-state index contributed by atoms with van der Waals surface area (Å²) >= 11 is 0. The zero-order valence-electron chi connectivity index (χ0n) is 16.4. The highest BCUT2D eigenvalue weighted by atomic mass is 16.5. The van der Waals surface area contributed by atoms with Crippen molar-refractivity contribution < 1.29 is 14.3 Å². The van der Waals surface area contributed by atoms with Crippen molar-refractivity contribution in [1.82, 2.24) is 15.3 Å². The number of para-hydroxylation sites is 2. The second kappa shape index (κ2) is 9.89. The number of carbonyl (C=O) groups excluding carboxylic acids is 1. The molecular formula is C20H27N5O3. The SMILES string of the molecule is COCCCNC(=O)c1ccnc(N2CCN(c3ccccc3OC)CC2)n1. The highest BCUT2D eigenvalue weighted by molar-refractivity contribution is 5.92. The van der Waals surface area contributed by atoms with Gasteiger partial charge in [-0.1, -0.05) is 12.1 Å². The monoisotopic (exact) mass is 385 g/mol. The maximum absolute atomic E-state index is 12.3. The maximum atomic E-state index is 12.3. The molecule has 1 N–H and O–H groups in total. The Kier molecular flexibility index (Phi) is 7.02. The molecule has 0 spiro atoms. The molecular weight excluding hydrogens is 358 g/mol. The van der Waals surface area contributed by atoms with Crippen molar-refractivity contribution >= 4 is 17.5 Å². The normalized spacial score (nSPS) is 14.1. The van der Waals surface area contributed by atoms with Crippen LogP contribution in [0.25, 0.3) is 0 Å². The van der Waals surface area contributed by atoms with E-state index in [9.17, 15) is 4.79 Å². The molecule has 0 atom stereocenters. The third kappa shape index (κ3) is 4.89. The van der Waals surface area contributed by atoms with Crippen molar-refractivity contribution in [3.8, 4) is 5.75 Å². The van der Waals surface area contributed by atoms with Gasteiger partial charge >= 0.3 is 0 Å². The summed E-state index contributed by atoms with van der Waals surface area (Å²) in [7, 11) is 3.33. The number of benzene rings is 1. The predicted molar refractivity (Wildman–Crippen MR) is 108 cm³/mol. The Morgan fingerprint density at radius 2 is 1.86 bits per heavy atom. The molecule has 2 heterocycles. The number of carbonyl (C=O) groups is 1. The van der Waals surface area contributed by atoms with Crippen LogP contribution in [0.4, 0.5) is 11.6 Å². The minimum Gasteiger partial charge on any atom is -0.495 e. The lowest BCUT2D eigenvalue weighted by Gasteiger charge is -2.36. The fraction of sp³-hybridized carbons (Fsp3) is 0.450. The van der Waals surface area contributed by atoms with E-state index in [1.54, 1.807) is 26.5 Å². The van der Waals surface area contributed by atoms with E-state index in [0.717, 1.165) is 44.0 Å². The lowest BCUT2D eigenvalue weighted by Crippen LogP contribution is -2.47. The summed E-state index contributed by atoms with van der Waals surface area (Å²) < 4.78 is 10.5. The Balaban J connectivity index is 1.59. The molecule has 3 rings (SSSR count). The van der Waals surface area contributed by atoms with E-state index >= 15 is 0 Å². The lowest BCUT2D eigenvalue weighted by molar-refractivity contribution is 0.0943. The minimum absolute atomic E-state index is 0.188. The number of anilines is 2. The van der Waals surface area contributed by atoms with E-state index in [2.05, 4.69) is 31.2 Å². The van der Waals surface area contributed by atoms with Gasteiger partial charge in [-0.15, -0.1) is 0 Å². The number of aromatic nitrogens is 2. The van der Waals surface area contributed by atoms with Crippen LogP contribution in [-0.4, -0.2) is 69.4 Å². The van der Waals surface area contributed by atoms with Crippen LogP contribution in [0, 0.1) is 0 Å². The molecule has 1 aliphatic rings. The molecule has 150 valence electrons. The average Bonchev–Trinajstić information content (AvgIpc) is 2.77. The first kappa shape index (κ1) is 19.9. The minimum atomic E-state index is -0.188. The molecule has 1 aromatic carbocycles. The van der Waals surface area contributed by atoms with Gasteiger partial charge in [0.2, 0.25) is 5.95 Å². The molecule has 0 aliphatic carbocycles. The van der Waals surface area contributed by atoms with Gasteiger partial charge in [0, 0.05) is 52.6 Å². The van der Waals surface area contributed by atoms with Crippen LogP contribution in [0.5, 0.6) is 5.75 Å². The predicted octanol–water partition coefficient (Wildman–Crippen LogP) is 1.58. The smallest absolute Gasteiger partial charge is 0.270 e. The van der Waals surface area contributed by atoms with Crippen molar-refractivity contribution in [1.29, 1.82) is 0 Å². The molecule has 1 saturated heterocycles. The van der Waals surface area contributed by atoms with Gasteiger partial charge in [0.05, 0.1) is 12.8 Å². The van der Waals surface area contributed by atoms with Crippen LogP contribution < -0.4 is 19.9 Å². The first-order chi connectivity index (χ1) is 13.7. The maximum Gasteiger partial charge on any atom is 0.270 e. The fourth-order valence-electron chi connectivity index (χ4n) is 3.17. The lowest BCUT2D eigenvalue weighted by atomic mass is 10.2. The van der Waals surface area contributed by atoms with Crippen LogP contribution in [0.2, 0.25) is 0 Å². The molecule has 28 heavy (non-hydrogen) atoms. The van der Waals surface area contributed by atoms with Gasteiger partial charge in [-0.2, -0.15) is 0 Å². The van der Waals surface area contributed by atoms with E-state index in [4.69, 9.17) is 9.47 Å². The zero-order chi connectivity index (χ0) is 19.8. The number of amides is 1. The molecule has 8 nitrogen and oxygen atoms in total. The average molecular weight is 385 g/mol. The van der Waals surface area contributed by atoms with Gasteiger partial charge in [-0.25, -0.2) is 9.97 Å². The summed E-state index contributed by atoms with van der Waals surface area (Å²) in [5.74, 6) is 1.27. The molecule has 1 aromatic heterocycles. The van der Waals surface area contributed by atoms with Crippen molar-refractivity contribution in [2.24, 2.45) is 0 Å². The van der Waals surface area contributed by atoms with E-state index in [-0.39, 0.29) is 5.91 Å². The standard InChI is InChI=1S/C20H27N5O3/c1-27-15-5-9-21-19(26)16-8-10-22-20(23-16)25-13-11-24(12-14-25)17-6-3-4-7-18(17)28-2/h3-4,6-8,10H,5,9,11-15H2,1-2H3,(H,21,26). The van der Waals surface area contributed by atoms with Gasteiger partial charge in [0.25, 0.3) is 5.91 Å². The summed E-state index contributed by atoms with van der Waals surface area (Å²) in [5, 5.41) is 2.86. The third-order valence-corrected chi connectivity index (χ3v) is 4.67. The second-order valence-electron chi connectivity index (χ2n) is 6.49. The van der Waals surface area contributed by atoms with Gasteiger partial charge in [0.1, 0.15) is 11.4 Å². The molecule has 1 amide bonds. The van der Waals surface area contributed by atoms with Crippen molar-refractivity contribution in [3.63, 3.8) is 0 Å². The number of nitrogens with one attached hydrogen (secondary N) is 1. The van der Waals surface area contributed by atoms with E-state index in [1.807, 2.05) is 18.2 Å². The highest BCUT2D eigenvalue weighted by Gasteiger charge is 2.22. The molecule has 8 heteroatoms. The number of nitrogens with zero attached hydrogens (tertiary/aromatic N) is 4. The molecule has 1 aliphatic heterocycles. The van der Waals surface area contributed by atoms with Crippen LogP contribution in [0.3, 0.4) is 0 Å². The van der Waals surface area contributed by atoms with Crippen LogP contribution in [0.15, 0.2) is 36.5 Å². The van der Waals surface area contributed by atoms with Crippen LogP contribution >= 0.6 is 0 Å². The van der Waals surface area contributed by atoms with Crippen molar-refractivity contribution in [2.75, 3.05) is 63.4 Å². The fourth-order valence-corrected chi connectivity index (χ4v) is 3.17. The molecule has 1 fully saturated rings. The van der Waals surface area contributed by atoms with Gasteiger partial charge < -0.3 is 24.6 Å². The van der Waals surface area contributed by atoms with E-state index in [1.165, 1.54) is 0 Å². The second-order valence-corrected chi connectivity index (χ2v) is 6.49. The number of hydrogen-bond acceptors (Lipinski definition) is 7. The molecule has 0 radical (unpaired) electrons. The number of rotatable bonds is 8. The molecule has 0 bridgehead atoms. The Morgan fingerprint density at radius 1 is 1.11 bits per heavy atom. The number of piperazine rings is 1. The van der Waals surface area contributed by atoms with Gasteiger partial charge in [0.15, 0.2) is 0 Å². The quantitative estimate of drug-likeness (QED) is 0.691. The van der Waals surface area contributed by atoms with Crippen LogP contribution in [0.1, 0.15) is 16.9 Å². The Labute approximate surface area is 165 Å². The highest BCUT2D eigenvalue weighted by Crippen LogP contribution is 2.28. The van der Waals surface area contributed by atoms with Crippen molar-refractivity contribution in [2.45, 2.75) is 6.42 Å². The molecule has 0 saturated carbocycles. The number of hydrogen-bond donors (Lipinski definition) is 1. The third-order valence-electron chi connectivity index (χ3n) is 4.67. The number of ether oxygens (including phenoxy) is 2. The molecule has 0 unspecified atom stereocenters. The van der Waals surface area contributed by atoms with Gasteiger partial charge in [-0.3, -0.25) is 4.79 Å².